The van der Waals surface area contributed by atoms with Crippen LogP contribution in [0.25, 0.3) is 5.69 Å². The van der Waals surface area contributed by atoms with E-state index < -0.39 is 11.6 Å². The molecule has 1 unspecified atom stereocenters. The molecule has 1 amide bonds. The monoisotopic (exact) mass is 425 g/mol. The van der Waals surface area contributed by atoms with Crippen molar-refractivity contribution in [2.45, 2.75) is 23.7 Å². The maximum absolute atomic E-state index is 12.4. The predicted octanol–water partition coefficient (Wildman–Crippen LogP) is 3.39. The molecule has 0 saturated heterocycles. The second-order valence-electron chi connectivity index (χ2n) is 5.71. The standard InChI is InChI=1S/C17H14F3N5O3S/c1-10(15(27)21-11-2-8-14(9-3-11)28-17(18,19)20)29-16-22-23-24-25(16)12-4-6-13(26)7-5-12/h2-10,26H,1H3,(H,21,27). The van der Waals surface area contributed by atoms with E-state index in [1.165, 1.54) is 28.9 Å². The zero-order chi connectivity index (χ0) is 21.0. The van der Waals surface area contributed by atoms with Gasteiger partial charge in [-0.3, -0.25) is 4.79 Å². The number of tetrazole rings is 1. The highest BCUT2D eigenvalue weighted by Gasteiger charge is 2.31. The second-order valence-corrected chi connectivity index (χ2v) is 7.02. The summed E-state index contributed by atoms with van der Waals surface area (Å²) < 4.78 is 41.8. The lowest BCUT2D eigenvalue weighted by Gasteiger charge is -2.13. The first-order valence-corrected chi connectivity index (χ1v) is 9.00. The average Bonchev–Trinajstić information content (AvgIpc) is 3.11. The number of halogens is 3. The van der Waals surface area contributed by atoms with Crippen molar-refractivity contribution in [3.8, 4) is 17.2 Å². The number of nitrogens with zero attached hydrogens (tertiary/aromatic N) is 4. The van der Waals surface area contributed by atoms with Crippen LogP contribution in [-0.2, 0) is 4.79 Å². The summed E-state index contributed by atoms with van der Waals surface area (Å²) in [5, 5.41) is 23.1. The maximum atomic E-state index is 12.4. The molecule has 0 aliphatic carbocycles. The Hall–Kier alpha value is -3.28. The zero-order valence-corrected chi connectivity index (χ0v) is 15.6. The Morgan fingerprint density at radius 2 is 1.83 bits per heavy atom. The molecule has 0 aliphatic heterocycles. The molecule has 2 aromatic carbocycles. The van der Waals surface area contributed by atoms with Gasteiger partial charge in [-0.05, 0) is 65.9 Å². The molecule has 0 spiro atoms. The van der Waals surface area contributed by atoms with Gasteiger partial charge in [-0.25, -0.2) is 0 Å². The third kappa shape index (κ3) is 5.60. The molecular weight excluding hydrogens is 411 g/mol. The van der Waals surface area contributed by atoms with Gasteiger partial charge in [0.1, 0.15) is 11.5 Å². The van der Waals surface area contributed by atoms with E-state index in [0.29, 0.717) is 16.5 Å². The van der Waals surface area contributed by atoms with E-state index in [-0.39, 0.29) is 17.4 Å². The summed E-state index contributed by atoms with van der Waals surface area (Å²) in [5.74, 6) is -0.679. The van der Waals surface area contributed by atoms with Gasteiger partial charge in [0.05, 0.1) is 10.9 Å². The number of carbonyl (C=O) groups is 1. The Labute approximate surface area is 166 Å². The number of carbonyl (C=O) groups excluding carboxylic acids is 1. The van der Waals surface area contributed by atoms with Gasteiger partial charge in [0.15, 0.2) is 0 Å². The lowest BCUT2D eigenvalue weighted by Crippen LogP contribution is -2.23. The van der Waals surface area contributed by atoms with Crippen molar-refractivity contribution in [2.75, 3.05) is 5.32 Å². The molecule has 0 fully saturated rings. The molecule has 0 saturated carbocycles. The number of aromatic nitrogens is 4. The van der Waals surface area contributed by atoms with Gasteiger partial charge in [0, 0.05) is 5.69 Å². The molecule has 1 aromatic heterocycles. The predicted molar refractivity (Wildman–Crippen MR) is 97.9 cm³/mol. The summed E-state index contributed by atoms with van der Waals surface area (Å²) in [6.45, 7) is 1.64. The molecule has 12 heteroatoms. The summed E-state index contributed by atoms with van der Waals surface area (Å²) in [6.07, 6.45) is -4.78. The van der Waals surface area contributed by atoms with Gasteiger partial charge in [-0.1, -0.05) is 11.8 Å². The number of nitrogens with one attached hydrogen (secondary N) is 1. The molecule has 3 rings (SSSR count). The summed E-state index contributed by atoms with van der Waals surface area (Å²) >= 11 is 1.09. The van der Waals surface area contributed by atoms with Crippen molar-refractivity contribution >= 4 is 23.4 Å². The van der Waals surface area contributed by atoms with E-state index >= 15 is 0 Å². The number of phenols is 1. The van der Waals surface area contributed by atoms with Crippen molar-refractivity contribution in [1.82, 2.24) is 20.2 Å². The van der Waals surface area contributed by atoms with Crippen molar-refractivity contribution in [3.05, 3.63) is 48.5 Å². The van der Waals surface area contributed by atoms with Crippen molar-refractivity contribution in [3.63, 3.8) is 0 Å². The van der Waals surface area contributed by atoms with E-state index in [4.69, 9.17) is 0 Å². The minimum absolute atomic E-state index is 0.0930. The average molecular weight is 425 g/mol. The van der Waals surface area contributed by atoms with Crippen molar-refractivity contribution < 1.29 is 27.8 Å². The van der Waals surface area contributed by atoms with Crippen LogP contribution in [0, 0.1) is 0 Å². The summed E-state index contributed by atoms with van der Waals surface area (Å²) in [6, 6.07) is 11.0. The number of benzene rings is 2. The summed E-state index contributed by atoms with van der Waals surface area (Å²) in [4.78, 5) is 12.4. The Bertz CT molecular complexity index is 977. The molecule has 0 bridgehead atoms. The zero-order valence-electron chi connectivity index (χ0n) is 14.8. The van der Waals surface area contributed by atoms with E-state index in [2.05, 4.69) is 25.6 Å². The Morgan fingerprint density at radius 3 is 2.45 bits per heavy atom. The smallest absolute Gasteiger partial charge is 0.508 e. The number of hydrogen-bond acceptors (Lipinski definition) is 7. The molecule has 2 N–H and O–H groups in total. The number of rotatable bonds is 6. The number of alkyl halides is 3. The minimum atomic E-state index is -4.78. The highest BCUT2D eigenvalue weighted by Crippen LogP contribution is 2.26. The van der Waals surface area contributed by atoms with E-state index in [1.54, 1.807) is 19.1 Å². The minimum Gasteiger partial charge on any atom is -0.508 e. The Morgan fingerprint density at radius 1 is 1.17 bits per heavy atom. The van der Waals surface area contributed by atoms with Gasteiger partial charge in [0.25, 0.3) is 0 Å². The second kappa shape index (κ2) is 8.39. The molecule has 1 heterocycles. The molecule has 1 atom stereocenters. The topological polar surface area (TPSA) is 102 Å². The van der Waals surface area contributed by atoms with Crippen LogP contribution in [0.1, 0.15) is 6.92 Å². The molecular formula is C17H14F3N5O3S. The SMILES string of the molecule is CC(Sc1nnnn1-c1ccc(O)cc1)C(=O)Nc1ccc(OC(F)(F)F)cc1. The molecule has 3 aromatic rings. The van der Waals surface area contributed by atoms with Crippen LogP contribution in [0.2, 0.25) is 0 Å². The van der Waals surface area contributed by atoms with E-state index in [1.807, 2.05) is 0 Å². The third-order valence-electron chi connectivity index (χ3n) is 3.54. The number of aromatic hydroxyl groups is 1. The molecule has 29 heavy (non-hydrogen) atoms. The van der Waals surface area contributed by atoms with Gasteiger partial charge in [0.2, 0.25) is 11.1 Å². The highest BCUT2D eigenvalue weighted by molar-refractivity contribution is 8.00. The van der Waals surface area contributed by atoms with Gasteiger partial charge in [-0.2, -0.15) is 4.68 Å². The van der Waals surface area contributed by atoms with Crippen LogP contribution in [-0.4, -0.2) is 42.8 Å². The number of amides is 1. The Balaban J connectivity index is 1.63. The summed E-state index contributed by atoms with van der Waals surface area (Å²) in [7, 11) is 0. The lowest BCUT2D eigenvalue weighted by atomic mass is 10.3. The lowest BCUT2D eigenvalue weighted by molar-refractivity contribution is -0.274. The van der Waals surface area contributed by atoms with Crippen LogP contribution in [0.5, 0.6) is 11.5 Å². The molecule has 152 valence electrons. The number of hydrogen-bond donors (Lipinski definition) is 2. The normalized spacial score (nSPS) is 12.4. The van der Waals surface area contributed by atoms with Crippen LogP contribution in [0.15, 0.2) is 53.7 Å². The van der Waals surface area contributed by atoms with Gasteiger partial charge < -0.3 is 15.2 Å². The van der Waals surface area contributed by atoms with Crippen LogP contribution in [0.3, 0.4) is 0 Å². The van der Waals surface area contributed by atoms with Gasteiger partial charge in [-0.15, -0.1) is 18.3 Å². The Kier molecular flexibility index (Phi) is 5.92. The van der Waals surface area contributed by atoms with Crippen molar-refractivity contribution in [2.24, 2.45) is 0 Å². The highest BCUT2D eigenvalue weighted by atomic mass is 32.2. The number of thioether (sulfide) groups is 1. The number of phenolic OH excluding ortho intramolecular Hbond substituents is 1. The molecule has 8 nitrogen and oxygen atoms in total. The summed E-state index contributed by atoms with van der Waals surface area (Å²) in [5.41, 5.74) is 0.915. The maximum Gasteiger partial charge on any atom is 0.573 e. The fourth-order valence-corrected chi connectivity index (χ4v) is 3.01. The first kappa shape index (κ1) is 20.5. The fraction of sp³-hybridized carbons (Fsp3) is 0.176. The first-order valence-electron chi connectivity index (χ1n) is 8.12. The van der Waals surface area contributed by atoms with E-state index in [0.717, 1.165) is 23.9 Å². The quantitative estimate of drug-likeness (QED) is 0.584. The van der Waals surface area contributed by atoms with Gasteiger partial charge >= 0.3 is 6.36 Å². The molecule has 0 radical (unpaired) electrons. The van der Waals surface area contributed by atoms with Crippen LogP contribution in [0.4, 0.5) is 18.9 Å². The number of anilines is 1. The van der Waals surface area contributed by atoms with Crippen molar-refractivity contribution in [1.29, 1.82) is 0 Å². The first-order chi connectivity index (χ1) is 13.7. The van der Waals surface area contributed by atoms with Crippen LogP contribution >= 0.6 is 11.8 Å². The van der Waals surface area contributed by atoms with E-state index in [9.17, 15) is 23.1 Å². The largest absolute Gasteiger partial charge is 0.573 e. The fourth-order valence-electron chi connectivity index (χ4n) is 2.20. The third-order valence-corrected chi connectivity index (χ3v) is 4.58. The molecule has 0 aliphatic rings. The number of ether oxygens (including phenoxy) is 1. The van der Waals surface area contributed by atoms with Crippen LogP contribution < -0.4 is 10.1 Å².